The van der Waals surface area contributed by atoms with E-state index in [1.54, 1.807) is 6.08 Å². The second-order valence-corrected chi connectivity index (χ2v) is 6.70. The first-order valence-corrected chi connectivity index (χ1v) is 8.87. The second-order valence-electron chi connectivity index (χ2n) is 6.70. The van der Waals surface area contributed by atoms with Crippen LogP contribution < -0.4 is 5.63 Å². The van der Waals surface area contributed by atoms with Gasteiger partial charge in [-0.2, -0.15) is 0 Å². The fraction of sp³-hybridized carbons (Fsp3) is 0.174. The van der Waals surface area contributed by atoms with E-state index in [1.807, 2.05) is 66.7 Å². The van der Waals surface area contributed by atoms with Gasteiger partial charge in [-0.25, -0.2) is 4.79 Å². The van der Waals surface area contributed by atoms with Crippen LogP contribution in [0, 0.1) is 5.92 Å². The molecule has 1 atom stereocenters. The van der Waals surface area contributed by atoms with Crippen LogP contribution in [0.3, 0.4) is 0 Å². The van der Waals surface area contributed by atoms with Gasteiger partial charge in [-0.15, -0.1) is 0 Å². The van der Waals surface area contributed by atoms with Gasteiger partial charge in [0.25, 0.3) is 0 Å². The molecule has 26 heavy (non-hydrogen) atoms. The molecule has 1 unspecified atom stereocenters. The minimum Gasteiger partial charge on any atom is -0.507 e. The molecule has 1 aromatic heterocycles. The first-order valence-electron chi connectivity index (χ1n) is 8.87. The van der Waals surface area contributed by atoms with Crippen LogP contribution in [0.25, 0.3) is 12.2 Å². The summed E-state index contributed by atoms with van der Waals surface area (Å²) in [6.45, 7) is 0. The summed E-state index contributed by atoms with van der Waals surface area (Å²) in [5, 5.41) is 10.6. The molecule has 1 saturated carbocycles. The third kappa shape index (κ3) is 3.47. The third-order valence-electron chi connectivity index (χ3n) is 4.79. The number of rotatable bonds is 5. The highest BCUT2D eigenvalue weighted by atomic mass is 16.4. The van der Waals surface area contributed by atoms with Crippen molar-refractivity contribution >= 4 is 12.2 Å². The van der Waals surface area contributed by atoms with E-state index in [2.05, 4.69) is 0 Å². The van der Waals surface area contributed by atoms with E-state index in [9.17, 15) is 9.90 Å². The lowest BCUT2D eigenvalue weighted by molar-refractivity contribution is 0.422. The average molecular weight is 344 g/mol. The highest BCUT2D eigenvalue weighted by Crippen LogP contribution is 2.47. The van der Waals surface area contributed by atoms with E-state index in [1.165, 1.54) is 6.07 Å². The van der Waals surface area contributed by atoms with Gasteiger partial charge in [0, 0.05) is 12.0 Å². The molecule has 1 N–H and O–H groups in total. The maximum Gasteiger partial charge on any atom is 0.343 e. The molecule has 0 radical (unpaired) electrons. The van der Waals surface area contributed by atoms with Crippen LogP contribution in [-0.2, 0) is 0 Å². The lowest BCUT2D eigenvalue weighted by atomic mass is 9.87. The fourth-order valence-corrected chi connectivity index (χ4v) is 3.38. The molecular weight excluding hydrogens is 324 g/mol. The molecule has 4 rings (SSSR count). The Bertz CT molecular complexity index is 967. The number of benzene rings is 2. The quantitative estimate of drug-likeness (QED) is 0.704. The van der Waals surface area contributed by atoms with Crippen molar-refractivity contribution in [2.75, 3.05) is 0 Å². The molecule has 0 saturated heterocycles. The number of hydrogen-bond acceptors (Lipinski definition) is 3. The van der Waals surface area contributed by atoms with Crippen LogP contribution in [0.5, 0.6) is 5.75 Å². The fourth-order valence-electron chi connectivity index (χ4n) is 3.38. The van der Waals surface area contributed by atoms with Gasteiger partial charge < -0.3 is 9.52 Å². The molecule has 1 aliphatic rings. The summed E-state index contributed by atoms with van der Waals surface area (Å²) in [5.74, 6) is 0.633. The SMILES string of the molecule is O=c1oc(C=Cc2ccccc2)cc(O)c1C(c1ccccc1)C1CC1. The highest BCUT2D eigenvalue weighted by Gasteiger charge is 2.37. The van der Waals surface area contributed by atoms with Crippen molar-refractivity contribution in [3.63, 3.8) is 0 Å². The molecule has 0 bridgehead atoms. The van der Waals surface area contributed by atoms with E-state index < -0.39 is 5.63 Å². The molecule has 3 nitrogen and oxygen atoms in total. The molecule has 1 fully saturated rings. The van der Waals surface area contributed by atoms with Crippen LogP contribution in [0.15, 0.2) is 75.9 Å². The zero-order valence-corrected chi connectivity index (χ0v) is 14.3. The van der Waals surface area contributed by atoms with E-state index in [-0.39, 0.29) is 11.7 Å². The van der Waals surface area contributed by atoms with Gasteiger partial charge in [-0.3, -0.25) is 0 Å². The Labute approximate surface area is 152 Å². The zero-order valence-electron chi connectivity index (χ0n) is 14.3. The maximum atomic E-state index is 12.7. The van der Waals surface area contributed by atoms with Crippen molar-refractivity contribution in [1.29, 1.82) is 0 Å². The van der Waals surface area contributed by atoms with Gasteiger partial charge in [-0.1, -0.05) is 66.7 Å². The first-order chi connectivity index (χ1) is 12.7. The van der Waals surface area contributed by atoms with Gasteiger partial charge in [0.15, 0.2) is 0 Å². The van der Waals surface area contributed by atoms with Crippen molar-refractivity contribution in [3.05, 3.63) is 99.6 Å². The monoisotopic (exact) mass is 344 g/mol. The molecule has 3 aromatic rings. The summed E-state index contributed by atoms with van der Waals surface area (Å²) in [7, 11) is 0. The lowest BCUT2D eigenvalue weighted by Crippen LogP contribution is -2.16. The van der Waals surface area contributed by atoms with E-state index >= 15 is 0 Å². The predicted octanol–water partition coefficient (Wildman–Crippen LogP) is 5.06. The topological polar surface area (TPSA) is 50.4 Å². The van der Waals surface area contributed by atoms with Crippen molar-refractivity contribution in [3.8, 4) is 5.75 Å². The minimum atomic E-state index is -0.460. The predicted molar refractivity (Wildman–Crippen MR) is 103 cm³/mol. The summed E-state index contributed by atoms with van der Waals surface area (Å²) in [5.41, 5.74) is 1.96. The van der Waals surface area contributed by atoms with Crippen molar-refractivity contribution in [2.45, 2.75) is 18.8 Å². The Hall–Kier alpha value is -3.07. The van der Waals surface area contributed by atoms with Gasteiger partial charge in [0.2, 0.25) is 0 Å². The van der Waals surface area contributed by atoms with Gasteiger partial charge in [-0.05, 0) is 36.0 Å². The smallest absolute Gasteiger partial charge is 0.343 e. The molecule has 3 heteroatoms. The zero-order chi connectivity index (χ0) is 17.9. The third-order valence-corrected chi connectivity index (χ3v) is 4.79. The number of hydrogen-bond donors (Lipinski definition) is 1. The molecule has 0 aliphatic heterocycles. The van der Waals surface area contributed by atoms with E-state index in [4.69, 9.17) is 4.42 Å². The molecule has 130 valence electrons. The normalized spacial score (nSPS) is 15.2. The summed E-state index contributed by atoms with van der Waals surface area (Å²) in [6, 6.07) is 21.2. The Morgan fingerprint density at radius 2 is 1.62 bits per heavy atom. The largest absolute Gasteiger partial charge is 0.507 e. The Morgan fingerprint density at radius 3 is 2.23 bits per heavy atom. The minimum absolute atomic E-state index is 0.00900. The van der Waals surface area contributed by atoms with Crippen molar-refractivity contribution in [2.24, 2.45) is 5.92 Å². The van der Waals surface area contributed by atoms with Crippen LogP contribution in [0.4, 0.5) is 0 Å². The Kier molecular flexibility index (Phi) is 4.44. The van der Waals surface area contributed by atoms with Crippen LogP contribution >= 0.6 is 0 Å². The Morgan fingerprint density at radius 1 is 0.962 bits per heavy atom. The highest BCUT2D eigenvalue weighted by molar-refractivity contribution is 5.67. The second kappa shape index (κ2) is 7.04. The first kappa shape index (κ1) is 16.4. The lowest BCUT2D eigenvalue weighted by Gasteiger charge is -2.17. The summed E-state index contributed by atoms with van der Waals surface area (Å²) >= 11 is 0. The molecule has 1 heterocycles. The summed E-state index contributed by atoms with van der Waals surface area (Å²) in [6.07, 6.45) is 5.68. The van der Waals surface area contributed by atoms with E-state index in [0.29, 0.717) is 17.2 Å². The standard InChI is InChI=1S/C23H20O3/c24-20-15-19(14-11-16-7-3-1-4-8-16)26-23(25)22(20)21(18-12-13-18)17-9-5-2-6-10-17/h1-11,14-15,18,21,24H,12-13H2. The van der Waals surface area contributed by atoms with Gasteiger partial charge >= 0.3 is 5.63 Å². The summed E-state index contributed by atoms with van der Waals surface area (Å²) < 4.78 is 5.49. The van der Waals surface area contributed by atoms with E-state index in [0.717, 1.165) is 24.0 Å². The number of aromatic hydroxyl groups is 1. The van der Waals surface area contributed by atoms with Crippen LogP contribution in [-0.4, -0.2) is 5.11 Å². The van der Waals surface area contributed by atoms with Crippen LogP contribution in [0.2, 0.25) is 0 Å². The van der Waals surface area contributed by atoms with Crippen molar-refractivity contribution in [1.82, 2.24) is 0 Å². The average Bonchev–Trinajstić information content (AvgIpc) is 3.49. The molecule has 1 aliphatic carbocycles. The van der Waals surface area contributed by atoms with Gasteiger partial charge in [0.1, 0.15) is 11.5 Å². The van der Waals surface area contributed by atoms with Gasteiger partial charge in [0.05, 0.1) is 5.56 Å². The maximum absolute atomic E-state index is 12.7. The molecule has 0 amide bonds. The van der Waals surface area contributed by atoms with Crippen LogP contribution in [0.1, 0.15) is 41.2 Å². The molecular formula is C23H20O3. The Balaban J connectivity index is 1.70. The molecule has 2 aromatic carbocycles. The molecule has 0 spiro atoms. The van der Waals surface area contributed by atoms with Crippen molar-refractivity contribution < 1.29 is 9.52 Å². The summed E-state index contributed by atoms with van der Waals surface area (Å²) in [4.78, 5) is 12.7.